The summed E-state index contributed by atoms with van der Waals surface area (Å²) in [5.41, 5.74) is 7.77. The first-order valence-electron chi connectivity index (χ1n) is 3.31. The third-order valence-corrected chi connectivity index (χ3v) is 3.21. The van der Waals surface area contributed by atoms with Crippen molar-refractivity contribution < 1.29 is 0 Å². The lowest BCUT2D eigenvalue weighted by atomic mass is 10.2. The minimum atomic E-state index is 0.840. The van der Waals surface area contributed by atoms with Crippen LogP contribution in [0.3, 0.4) is 0 Å². The molecule has 0 aliphatic rings. The molecule has 3 heteroatoms. The van der Waals surface area contributed by atoms with Crippen LogP contribution in [0.15, 0.2) is 23.1 Å². The maximum atomic E-state index is 5.64. The van der Waals surface area contributed by atoms with Crippen LogP contribution in [0, 0.1) is 6.92 Å². The Bertz CT molecular complexity index is 248. The summed E-state index contributed by atoms with van der Waals surface area (Å²) >= 11 is 0. The van der Waals surface area contributed by atoms with Gasteiger partial charge in [0, 0.05) is 10.6 Å². The minimum Gasteiger partial charge on any atom is -0.399 e. The summed E-state index contributed by atoms with van der Waals surface area (Å²) in [6, 6.07) is 5.99. The number of nitrogens with two attached hydrogens (primary N) is 1. The highest BCUT2D eigenvalue weighted by Gasteiger charge is 1.97. The van der Waals surface area contributed by atoms with Crippen LogP contribution >= 0.6 is 21.6 Å². The van der Waals surface area contributed by atoms with Crippen molar-refractivity contribution in [1.29, 1.82) is 0 Å². The summed E-state index contributed by atoms with van der Waals surface area (Å²) in [5.74, 6) is 0. The van der Waals surface area contributed by atoms with E-state index < -0.39 is 0 Å². The van der Waals surface area contributed by atoms with Crippen molar-refractivity contribution in [1.82, 2.24) is 0 Å². The standard InChI is InChI=1S/C8H11NS2/c1-6-3-4-7(9)5-8(6)11-10-2/h3-5H,9H2,1-2H3. The Morgan fingerprint density at radius 2 is 2.09 bits per heavy atom. The Kier molecular flexibility index (Phi) is 3.15. The lowest BCUT2D eigenvalue weighted by Gasteiger charge is -2.02. The molecule has 0 aromatic heterocycles. The molecule has 0 aliphatic heterocycles. The first-order valence-corrected chi connectivity index (χ1v) is 5.86. The van der Waals surface area contributed by atoms with Gasteiger partial charge in [0.1, 0.15) is 0 Å². The van der Waals surface area contributed by atoms with Crippen molar-refractivity contribution in [2.24, 2.45) is 0 Å². The van der Waals surface area contributed by atoms with Crippen molar-refractivity contribution in [2.75, 3.05) is 12.0 Å². The van der Waals surface area contributed by atoms with Gasteiger partial charge in [-0.15, -0.1) is 0 Å². The van der Waals surface area contributed by atoms with E-state index in [9.17, 15) is 0 Å². The topological polar surface area (TPSA) is 26.0 Å². The van der Waals surface area contributed by atoms with Gasteiger partial charge in [-0.25, -0.2) is 0 Å². The molecular formula is C8H11NS2. The van der Waals surface area contributed by atoms with E-state index in [0.29, 0.717) is 0 Å². The lowest BCUT2D eigenvalue weighted by molar-refractivity contribution is 1.31. The van der Waals surface area contributed by atoms with Crippen molar-refractivity contribution in [2.45, 2.75) is 11.8 Å². The van der Waals surface area contributed by atoms with Gasteiger partial charge in [0.25, 0.3) is 0 Å². The Morgan fingerprint density at radius 3 is 2.73 bits per heavy atom. The van der Waals surface area contributed by atoms with Gasteiger partial charge in [0.05, 0.1) is 0 Å². The monoisotopic (exact) mass is 185 g/mol. The van der Waals surface area contributed by atoms with Crippen molar-refractivity contribution in [3.05, 3.63) is 23.8 Å². The number of hydrogen-bond donors (Lipinski definition) is 1. The maximum absolute atomic E-state index is 5.64. The van der Waals surface area contributed by atoms with E-state index in [0.717, 1.165) is 5.69 Å². The second kappa shape index (κ2) is 3.93. The zero-order valence-corrected chi connectivity index (χ0v) is 8.26. The van der Waals surface area contributed by atoms with Crippen molar-refractivity contribution >= 4 is 27.3 Å². The molecular weight excluding hydrogens is 174 g/mol. The van der Waals surface area contributed by atoms with E-state index in [4.69, 9.17) is 5.73 Å². The van der Waals surface area contributed by atoms with Crippen LogP contribution in [0.4, 0.5) is 5.69 Å². The molecule has 0 unspecified atom stereocenters. The molecule has 0 spiro atoms. The summed E-state index contributed by atoms with van der Waals surface area (Å²) in [4.78, 5) is 1.26. The fourth-order valence-corrected chi connectivity index (χ4v) is 2.44. The first-order chi connectivity index (χ1) is 5.24. The molecule has 0 saturated carbocycles. The molecule has 60 valence electrons. The van der Waals surface area contributed by atoms with Gasteiger partial charge in [-0.2, -0.15) is 0 Å². The van der Waals surface area contributed by atoms with Crippen LogP contribution in [-0.4, -0.2) is 6.26 Å². The SMILES string of the molecule is CSSc1cc(N)ccc1C. The third kappa shape index (κ3) is 2.34. The van der Waals surface area contributed by atoms with Crippen molar-refractivity contribution in [3.63, 3.8) is 0 Å². The second-order valence-corrected chi connectivity index (χ2v) is 4.71. The molecule has 0 saturated heterocycles. The highest BCUT2D eigenvalue weighted by atomic mass is 33.1. The fraction of sp³-hybridized carbons (Fsp3) is 0.250. The zero-order valence-electron chi connectivity index (χ0n) is 6.63. The number of rotatable bonds is 2. The van der Waals surface area contributed by atoms with Crippen LogP contribution in [0.25, 0.3) is 0 Å². The van der Waals surface area contributed by atoms with E-state index >= 15 is 0 Å². The fourth-order valence-electron chi connectivity index (χ4n) is 0.796. The largest absolute Gasteiger partial charge is 0.399 e. The molecule has 1 aromatic carbocycles. The predicted molar refractivity (Wildman–Crippen MR) is 55.0 cm³/mol. The van der Waals surface area contributed by atoms with Gasteiger partial charge >= 0.3 is 0 Å². The van der Waals surface area contributed by atoms with Crippen LogP contribution in [-0.2, 0) is 0 Å². The van der Waals surface area contributed by atoms with Gasteiger partial charge < -0.3 is 5.73 Å². The van der Waals surface area contributed by atoms with Crippen LogP contribution < -0.4 is 5.73 Å². The third-order valence-electron chi connectivity index (χ3n) is 1.39. The summed E-state index contributed by atoms with van der Waals surface area (Å²) in [6.45, 7) is 2.10. The van der Waals surface area contributed by atoms with E-state index in [1.807, 2.05) is 18.2 Å². The lowest BCUT2D eigenvalue weighted by Crippen LogP contribution is -1.85. The molecule has 0 fully saturated rings. The number of hydrogen-bond acceptors (Lipinski definition) is 3. The molecule has 0 atom stereocenters. The molecule has 11 heavy (non-hydrogen) atoms. The average molecular weight is 185 g/mol. The number of nitrogen functional groups attached to an aromatic ring is 1. The van der Waals surface area contributed by atoms with E-state index in [1.165, 1.54) is 10.5 Å². The van der Waals surface area contributed by atoms with E-state index in [-0.39, 0.29) is 0 Å². The molecule has 1 nitrogen and oxygen atoms in total. The molecule has 1 rings (SSSR count). The molecule has 0 aliphatic carbocycles. The number of anilines is 1. The Balaban J connectivity index is 2.93. The Morgan fingerprint density at radius 1 is 1.36 bits per heavy atom. The number of aryl methyl sites for hydroxylation is 1. The van der Waals surface area contributed by atoms with Crippen LogP contribution in [0.5, 0.6) is 0 Å². The minimum absolute atomic E-state index is 0.840. The zero-order chi connectivity index (χ0) is 8.27. The van der Waals surface area contributed by atoms with Gasteiger partial charge in [-0.1, -0.05) is 27.7 Å². The van der Waals surface area contributed by atoms with Gasteiger partial charge in [0.15, 0.2) is 0 Å². The average Bonchev–Trinajstić information content (AvgIpc) is 1.98. The maximum Gasteiger partial charge on any atom is 0.0325 e. The first kappa shape index (κ1) is 8.81. The Labute approximate surface area is 75.1 Å². The summed E-state index contributed by atoms with van der Waals surface area (Å²) in [5, 5.41) is 0. The molecule has 0 radical (unpaired) electrons. The van der Waals surface area contributed by atoms with Gasteiger partial charge in [0.2, 0.25) is 0 Å². The Hall–Kier alpha value is -0.280. The summed E-state index contributed by atoms with van der Waals surface area (Å²) in [7, 11) is 3.49. The normalized spacial score (nSPS) is 10.0. The highest BCUT2D eigenvalue weighted by molar-refractivity contribution is 8.76. The molecule has 0 amide bonds. The summed E-state index contributed by atoms with van der Waals surface area (Å²) in [6.07, 6.45) is 2.06. The smallest absolute Gasteiger partial charge is 0.0325 e. The predicted octanol–water partition coefficient (Wildman–Crippen LogP) is 2.95. The highest BCUT2D eigenvalue weighted by Crippen LogP contribution is 2.32. The van der Waals surface area contributed by atoms with Gasteiger partial charge in [-0.3, -0.25) is 0 Å². The van der Waals surface area contributed by atoms with Gasteiger partial charge in [-0.05, 0) is 30.9 Å². The summed E-state index contributed by atoms with van der Waals surface area (Å²) < 4.78 is 0. The molecule has 2 N–H and O–H groups in total. The quantitative estimate of drug-likeness (QED) is 0.566. The molecule has 0 bridgehead atoms. The second-order valence-electron chi connectivity index (χ2n) is 2.27. The number of benzene rings is 1. The van der Waals surface area contributed by atoms with Crippen LogP contribution in [0.2, 0.25) is 0 Å². The molecule has 0 heterocycles. The van der Waals surface area contributed by atoms with E-state index in [1.54, 1.807) is 21.6 Å². The molecule has 1 aromatic rings. The van der Waals surface area contributed by atoms with Crippen molar-refractivity contribution in [3.8, 4) is 0 Å². The van der Waals surface area contributed by atoms with E-state index in [2.05, 4.69) is 13.2 Å². The van der Waals surface area contributed by atoms with Crippen LogP contribution in [0.1, 0.15) is 5.56 Å².